The van der Waals surface area contributed by atoms with Crippen LogP contribution in [0.4, 0.5) is 0 Å². The topological polar surface area (TPSA) is 51.6 Å². The SMILES string of the molecule is CC1CCN(CCNCc2cn(C)nc2-c2ccc3c(c2)OCCCO3)CC1. The van der Waals surface area contributed by atoms with E-state index in [-0.39, 0.29) is 0 Å². The molecule has 2 aliphatic heterocycles. The van der Waals surface area contributed by atoms with Crippen LogP contribution < -0.4 is 14.8 Å². The molecule has 28 heavy (non-hydrogen) atoms. The molecule has 1 N–H and O–H groups in total. The van der Waals surface area contributed by atoms with Crippen LogP contribution in [0.15, 0.2) is 24.4 Å². The Morgan fingerprint density at radius 1 is 1.14 bits per heavy atom. The van der Waals surface area contributed by atoms with Crippen molar-refractivity contribution in [3.8, 4) is 22.8 Å². The monoisotopic (exact) mass is 384 g/mol. The quantitative estimate of drug-likeness (QED) is 0.776. The molecule has 0 unspecified atom stereocenters. The van der Waals surface area contributed by atoms with Crippen LogP contribution in [-0.4, -0.2) is 54.1 Å². The van der Waals surface area contributed by atoms with E-state index in [9.17, 15) is 0 Å². The number of likely N-dealkylation sites (tertiary alicyclic amines) is 1. The summed E-state index contributed by atoms with van der Waals surface area (Å²) in [5, 5.41) is 8.31. The summed E-state index contributed by atoms with van der Waals surface area (Å²) in [4.78, 5) is 2.57. The first-order valence-electron chi connectivity index (χ1n) is 10.5. The highest BCUT2D eigenvalue weighted by molar-refractivity contribution is 5.66. The lowest BCUT2D eigenvalue weighted by Crippen LogP contribution is -2.37. The highest BCUT2D eigenvalue weighted by atomic mass is 16.5. The van der Waals surface area contributed by atoms with Gasteiger partial charge < -0.3 is 19.7 Å². The van der Waals surface area contributed by atoms with E-state index in [1.54, 1.807) is 0 Å². The number of fused-ring (bicyclic) bond motifs is 1. The second-order valence-electron chi connectivity index (χ2n) is 8.09. The summed E-state index contributed by atoms with van der Waals surface area (Å²) in [6.07, 6.45) is 5.68. The van der Waals surface area contributed by atoms with Gasteiger partial charge in [0.1, 0.15) is 0 Å². The second-order valence-corrected chi connectivity index (χ2v) is 8.09. The van der Waals surface area contributed by atoms with Gasteiger partial charge in [-0.05, 0) is 50.0 Å². The van der Waals surface area contributed by atoms with Gasteiger partial charge in [0.2, 0.25) is 0 Å². The molecule has 2 aromatic rings. The summed E-state index contributed by atoms with van der Waals surface area (Å²) in [5.74, 6) is 2.53. The van der Waals surface area contributed by atoms with Gasteiger partial charge in [-0.3, -0.25) is 4.68 Å². The molecule has 0 aliphatic carbocycles. The Kier molecular flexibility index (Phi) is 6.17. The zero-order valence-corrected chi connectivity index (χ0v) is 17.1. The molecule has 6 heteroatoms. The van der Waals surface area contributed by atoms with Crippen molar-refractivity contribution in [3.05, 3.63) is 30.0 Å². The number of nitrogens with one attached hydrogen (secondary N) is 1. The number of hydrogen-bond donors (Lipinski definition) is 1. The Morgan fingerprint density at radius 3 is 2.75 bits per heavy atom. The highest BCUT2D eigenvalue weighted by Crippen LogP contribution is 2.34. The Labute approximate surface area is 167 Å². The van der Waals surface area contributed by atoms with Crippen molar-refractivity contribution < 1.29 is 9.47 Å². The number of piperidine rings is 1. The van der Waals surface area contributed by atoms with Gasteiger partial charge in [0.25, 0.3) is 0 Å². The smallest absolute Gasteiger partial charge is 0.161 e. The third-order valence-electron chi connectivity index (χ3n) is 5.72. The van der Waals surface area contributed by atoms with Crippen molar-refractivity contribution in [2.45, 2.75) is 32.7 Å². The summed E-state index contributed by atoms with van der Waals surface area (Å²) in [7, 11) is 1.98. The molecule has 4 rings (SSSR count). The van der Waals surface area contributed by atoms with Crippen LogP contribution >= 0.6 is 0 Å². The molecule has 0 spiro atoms. The molecule has 1 fully saturated rings. The Bertz CT molecular complexity index is 781. The number of rotatable bonds is 6. The second kappa shape index (κ2) is 8.97. The fraction of sp³-hybridized carbons (Fsp3) is 0.591. The predicted octanol–water partition coefficient (Wildman–Crippen LogP) is 3.07. The normalized spacial score (nSPS) is 18.2. The Balaban J connectivity index is 1.38. The number of ether oxygens (including phenoxy) is 2. The van der Waals surface area contributed by atoms with Crippen LogP contribution in [0.25, 0.3) is 11.3 Å². The van der Waals surface area contributed by atoms with Gasteiger partial charge in [-0.1, -0.05) is 6.92 Å². The maximum atomic E-state index is 5.85. The maximum Gasteiger partial charge on any atom is 0.161 e. The minimum atomic E-state index is 0.697. The van der Waals surface area contributed by atoms with Gasteiger partial charge in [0.05, 0.1) is 18.9 Å². The van der Waals surface area contributed by atoms with Crippen LogP contribution in [0.3, 0.4) is 0 Å². The zero-order chi connectivity index (χ0) is 19.3. The molecule has 2 aliphatic rings. The summed E-state index contributed by atoms with van der Waals surface area (Å²) in [6.45, 7) is 9.18. The first kappa shape index (κ1) is 19.3. The van der Waals surface area contributed by atoms with Gasteiger partial charge >= 0.3 is 0 Å². The molecule has 1 aromatic carbocycles. The number of benzene rings is 1. The number of aromatic nitrogens is 2. The molecule has 1 saturated heterocycles. The van der Waals surface area contributed by atoms with E-state index in [1.165, 1.54) is 31.5 Å². The largest absolute Gasteiger partial charge is 0.490 e. The third-order valence-corrected chi connectivity index (χ3v) is 5.72. The molecule has 0 radical (unpaired) electrons. The van der Waals surface area contributed by atoms with E-state index in [0.717, 1.165) is 54.7 Å². The Hall–Kier alpha value is -2.05. The average Bonchev–Trinajstić information content (AvgIpc) is 2.92. The van der Waals surface area contributed by atoms with Gasteiger partial charge in [0.15, 0.2) is 11.5 Å². The standard InChI is InChI=1S/C22H32N4O2/c1-17-6-9-26(10-7-17)11-8-23-15-19-16-25(2)24-22(19)18-4-5-20-21(14-18)28-13-3-12-27-20/h4-5,14,16-17,23H,3,6-13,15H2,1-2H3. The molecule has 0 saturated carbocycles. The summed E-state index contributed by atoms with van der Waals surface area (Å²) in [6, 6.07) is 6.13. The minimum Gasteiger partial charge on any atom is -0.490 e. The van der Waals surface area contributed by atoms with Crippen LogP contribution in [0.2, 0.25) is 0 Å². The molecule has 0 bridgehead atoms. The van der Waals surface area contributed by atoms with Crippen molar-refractivity contribution >= 4 is 0 Å². The van der Waals surface area contributed by atoms with Crippen molar-refractivity contribution in [1.29, 1.82) is 0 Å². The van der Waals surface area contributed by atoms with Crippen molar-refractivity contribution in [1.82, 2.24) is 20.0 Å². The number of nitrogens with zero attached hydrogens (tertiary/aromatic N) is 3. The summed E-state index contributed by atoms with van der Waals surface area (Å²) in [5.41, 5.74) is 3.30. The fourth-order valence-electron chi connectivity index (χ4n) is 3.97. The van der Waals surface area contributed by atoms with Crippen molar-refractivity contribution in [2.75, 3.05) is 39.4 Å². The van der Waals surface area contributed by atoms with Crippen LogP contribution in [0.5, 0.6) is 11.5 Å². The zero-order valence-electron chi connectivity index (χ0n) is 17.1. The van der Waals surface area contributed by atoms with Crippen molar-refractivity contribution in [2.24, 2.45) is 13.0 Å². The van der Waals surface area contributed by atoms with Gasteiger partial charge in [-0.15, -0.1) is 0 Å². The van der Waals surface area contributed by atoms with Crippen LogP contribution in [0.1, 0.15) is 31.7 Å². The van der Waals surface area contributed by atoms with E-state index in [0.29, 0.717) is 13.2 Å². The lowest BCUT2D eigenvalue weighted by Gasteiger charge is -2.30. The van der Waals surface area contributed by atoms with Crippen LogP contribution in [0, 0.1) is 5.92 Å². The average molecular weight is 385 g/mol. The lowest BCUT2D eigenvalue weighted by atomic mass is 9.99. The predicted molar refractivity (Wildman–Crippen MR) is 111 cm³/mol. The molecule has 0 atom stereocenters. The first-order chi connectivity index (χ1) is 13.7. The van der Waals surface area contributed by atoms with E-state index in [1.807, 2.05) is 17.8 Å². The minimum absolute atomic E-state index is 0.697. The van der Waals surface area contributed by atoms with E-state index in [2.05, 4.69) is 35.5 Å². The first-order valence-corrected chi connectivity index (χ1v) is 10.5. The Morgan fingerprint density at radius 2 is 1.93 bits per heavy atom. The van der Waals surface area contributed by atoms with E-state index < -0.39 is 0 Å². The lowest BCUT2D eigenvalue weighted by molar-refractivity contribution is 0.193. The van der Waals surface area contributed by atoms with E-state index in [4.69, 9.17) is 14.6 Å². The molecule has 0 amide bonds. The van der Waals surface area contributed by atoms with Gasteiger partial charge in [-0.25, -0.2) is 0 Å². The van der Waals surface area contributed by atoms with Gasteiger partial charge in [0, 0.05) is 50.4 Å². The van der Waals surface area contributed by atoms with Crippen LogP contribution in [-0.2, 0) is 13.6 Å². The number of aryl methyl sites for hydroxylation is 1. The third kappa shape index (κ3) is 4.67. The maximum absolute atomic E-state index is 5.85. The molecule has 6 nitrogen and oxygen atoms in total. The molecule has 152 valence electrons. The summed E-state index contributed by atoms with van der Waals surface area (Å²) < 4.78 is 13.5. The molecule has 1 aromatic heterocycles. The van der Waals surface area contributed by atoms with E-state index >= 15 is 0 Å². The van der Waals surface area contributed by atoms with Gasteiger partial charge in [-0.2, -0.15) is 5.10 Å². The molecule has 3 heterocycles. The highest BCUT2D eigenvalue weighted by Gasteiger charge is 2.17. The number of hydrogen-bond acceptors (Lipinski definition) is 5. The molecular formula is C22H32N4O2. The molecular weight excluding hydrogens is 352 g/mol. The fourth-order valence-corrected chi connectivity index (χ4v) is 3.97. The summed E-state index contributed by atoms with van der Waals surface area (Å²) >= 11 is 0. The van der Waals surface area contributed by atoms with Crippen molar-refractivity contribution in [3.63, 3.8) is 0 Å².